The molecule has 1 amide bonds. The van der Waals surface area contributed by atoms with Crippen LogP contribution in [0.5, 0.6) is 0 Å². The number of nitrogens with zero attached hydrogens (tertiary/aromatic N) is 2. The van der Waals surface area contributed by atoms with Gasteiger partial charge in [0.05, 0.1) is 17.0 Å². The normalized spacial score (nSPS) is 17.9. The number of nitrogens with two attached hydrogens (primary N) is 1. The van der Waals surface area contributed by atoms with Crippen molar-refractivity contribution in [3.8, 4) is 0 Å². The predicted octanol–water partition coefficient (Wildman–Crippen LogP) is 0.606. The Kier molecular flexibility index (Phi) is 6.85. The lowest BCUT2D eigenvalue weighted by molar-refractivity contribution is -0.138. The van der Waals surface area contributed by atoms with Crippen LogP contribution in [0.2, 0.25) is 0 Å². The number of amides is 1. The smallest absolute Gasteiger partial charge is 0.235 e. The molecular formula is C14H27N3O2S. The third kappa shape index (κ3) is 3.68. The molecule has 1 rings (SSSR count). The summed E-state index contributed by atoms with van der Waals surface area (Å²) in [6.45, 7) is 7.91. The number of hydrogen-bond donors (Lipinski definition) is 2. The van der Waals surface area contributed by atoms with E-state index in [9.17, 15) is 4.79 Å². The molecule has 0 bridgehead atoms. The molecule has 0 aromatic heterocycles. The Balaban J connectivity index is 2.78. The van der Waals surface area contributed by atoms with Gasteiger partial charge in [0.1, 0.15) is 0 Å². The number of hydrogen-bond acceptors (Lipinski definition) is 4. The van der Waals surface area contributed by atoms with Gasteiger partial charge in [-0.05, 0) is 25.8 Å². The second-order valence-corrected chi connectivity index (χ2v) is 5.80. The Labute approximate surface area is 127 Å². The third-order valence-electron chi connectivity index (χ3n) is 4.38. The second kappa shape index (κ2) is 7.90. The van der Waals surface area contributed by atoms with Crippen LogP contribution in [-0.2, 0) is 4.79 Å². The van der Waals surface area contributed by atoms with Crippen molar-refractivity contribution in [1.82, 2.24) is 9.80 Å². The van der Waals surface area contributed by atoms with Gasteiger partial charge in [0.15, 0.2) is 0 Å². The fourth-order valence-electron chi connectivity index (χ4n) is 2.85. The first-order valence-electron chi connectivity index (χ1n) is 7.44. The Morgan fingerprint density at radius 3 is 2.40 bits per heavy atom. The van der Waals surface area contributed by atoms with Crippen molar-refractivity contribution < 1.29 is 9.90 Å². The van der Waals surface area contributed by atoms with Crippen molar-refractivity contribution in [2.75, 3.05) is 39.3 Å². The highest BCUT2D eigenvalue weighted by atomic mass is 32.1. The Bertz CT molecular complexity index is 345. The van der Waals surface area contributed by atoms with Gasteiger partial charge in [-0.3, -0.25) is 9.69 Å². The molecule has 0 radical (unpaired) electrons. The summed E-state index contributed by atoms with van der Waals surface area (Å²) in [4.78, 5) is 17.2. The van der Waals surface area contributed by atoms with Gasteiger partial charge in [-0.15, -0.1) is 0 Å². The number of aliphatic hydroxyl groups excluding tert-OH is 1. The van der Waals surface area contributed by atoms with Crippen LogP contribution in [0.4, 0.5) is 0 Å². The average molecular weight is 301 g/mol. The van der Waals surface area contributed by atoms with E-state index >= 15 is 0 Å². The van der Waals surface area contributed by atoms with E-state index in [2.05, 4.69) is 4.90 Å². The van der Waals surface area contributed by atoms with Crippen molar-refractivity contribution >= 4 is 23.1 Å². The summed E-state index contributed by atoms with van der Waals surface area (Å²) in [5, 5.41) is 9.01. The standard InChI is InChI=1S/C14H27N3O2S/c1-3-14(4-2,12(15)20)13(19)17-7-5-6-16(8-9-17)10-11-18/h18H,3-11H2,1-2H3,(H2,15,20). The quantitative estimate of drug-likeness (QED) is 0.703. The summed E-state index contributed by atoms with van der Waals surface area (Å²) in [6.07, 6.45) is 2.22. The van der Waals surface area contributed by atoms with E-state index in [4.69, 9.17) is 23.1 Å². The molecule has 1 heterocycles. The first-order chi connectivity index (χ1) is 9.51. The maximum Gasteiger partial charge on any atom is 0.235 e. The number of rotatable bonds is 6. The predicted molar refractivity (Wildman–Crippen MR) is 84.5 cm³/mol. The maximum absolute atomic E-state index is 12.8. The molecule has 1 fully saturated rings. The Hall–Kier alpha value is -0.720. The minimum absolute atomic E-state index is 0.0702. The molecular weight excluding hydrogens is 274 g/mol. The molecule has 1 aliphatic heterocycles. The molecule has 6 heteroatoms. The Morgan fingerprint density at radius 2 is 1.90 bits per heavy atom. The largest absolute Gasteiger partial charge is 0.395 e. The zero-order chi connectivity index (χ0) is 15.2. The van der Waals surface area contributed by atoms with Crippen LogP contribution in [0.1, 0.15) is 33.1 Å². The van der Waals surface area contributed by atoms with Crippen LogP contribution in [0.3, 0.4) is 0 Å². The molecule has 0 aromatic rings. The van der Waals surface area contributed by atoms with Gasteiger partial charge in [0.25, 0.3) is 0 Å². The van der Waals surface area contributed by atoms with E-state index in [1.807, 2.05) is 18.7 Å². The Morgan fingerprint density at radius 1 is 1.25 bits per heavy atom. The molecule has 0 atom stereocenters. The molecule has 1 aliphatic rings. The van der Waals surface area contributed by atoms with Crippen molar-refractivity contribution in [2.45, 2.75) is 33.1 Å². The molecule has 0 unspecified atom stereocenters. The second-order valence-electron chi connectivity index (χ2n) is 5.36. The van der Waals surface area contributed by atoms with Crippen LogP contribution in [0.15, 0.2) is 0 Å². The summed E-state index contributed by atoms with van der Waals surface area (Å²) < 4.78 is 0. The lowest BCUT2D eigenvalue weighted by Crippen LogP contribution is -2.51. The molecule has 0 aromatic carbocycles. The van der Waals surface area contributed by atoms with Gasteiger partial charge in [0.2, 0.25) is 5.91 Å². The van der Waals surface area contributed by atoms with E-state index < -0.39 is 5.41 Å². The first kappa shape index (κ1) is 17.3. The van der Waals surface area contributed by atoms with E-state index in [0.717, 1.165) is 26.1 Å². The molecule has 20 heavy (non-hydrogen) atoms. The number of aliphatic hydroxyl groups is 1. The number of β-amino-alcohol motifs (C(OH)–C–C–N with tert-alkyl or cyclic N) is 1. The molecule has 3 N–H and O–H groups in total. The van der Waals surface area contributed by atoms with Crippen molar-refractivity contribution in [1.29, 1.82) is 0 Å². The molecule has 116 valence electrons. The highest BCUT2D eigenvalue weighted by Crippen LogP contribution is 2.30. The van der Waals surface area contributed by atoms with Crippen LogP contribution >= 0.6 is 12.2 Å². The summed E-state index contributed by atoms with van der Waals surface area (Å²) in [7, 11) is 0. The van der Waals surface area contributed by atoms with Crippen LogP contribution in [-0.4, -0.2) is 65.1 Å². The zero-order valence-electron chi connectivity index (χ0n) is 12.6. The number of carbonyl (C=O) groups excluding carboxylic acids is 1. The summed E-state index contributed by atoms with van der Waals surface area (Å²) in [6, 6.07) is 0. The third-order valence-corrected chi connectivity index (χ3v) is 4.77. The molecule has 0 spiro atoms. The summed E-state index contributed by atoms with van der Waals surface area (Å²) in [5.74, 6) is 0.0702. The molecule has 0 saturated carbocycles. The van der Waals surface area contributed by atoms with Crippen LogP contribution < -0.4 is 5.73 Å². The highest BCUT2D eigenvalue weighted by molar-refractivity contribution is 7.80. The first-order valence-corrected chi connectivity index (χ1v) is 7.85. The maximum atomic E-state index is 12.8. The monoisotopic (exact) mass is 301 g/mol. The van der Waals surface area contributed by atoms with E-state index in [1.165, 1.54) is 0 Å². The van der Waals surface area contributed by atoms with Gasteiger partial charge in [-0.2, -0.15) is 0 Å². The van der Waals surface area contributed by atoms with Crippen molar-refractivity contribution in [2.24, 2.45) is 11.1 Å². The van der Waals surface area contributed by atoms with Gasteiger partial charge in [-0.25, -0.2) is 0 Å². The van der Waals surface area contributed by atoms with Crippen molar-refractivity contribution in [3.63, 3.8) is 0 Å². The summed E-state index contributed by atoms with van der Waals surface area (Å²) in [5.41, 5.74) is 5.16. The van der Waals surface area contributed by atoms with Gasteiger partial charge in [-0.1, -0.05) is 26.1 Å². The minimum atomic E-state index is -0.693. The fraction of sp³-hybridized carbons (Fsp3) is 0.857. The van der Waals surface area contributed by atoms with Crippen molar-refractivity contribution in [3.05, 3.63) is 0 Å². The lowest BCUT2D eigenvalue weighted by Gasteiger charge is -2.34. The number of thiocarbonyl (C=S) groups is 1. The lowest BCUT2D eigenvalue weighted by atomic mass is 9.80. The van der Waals surface area contributed by atoms with Gasteiger partial charge in [0, 0.05) is 26.2 Å². The van der Waals surface area contributed by atoms with Crippen LogP contribution in [0.25, 0.3) is 0 Å². The van der Waals surface area contributed by atoms with E-state index in [-0.39, 0.29) is 12.5 Å². The summed E-state index contributed by atoms with van der Waals surface area (Å²) >= 11 is 5.16. The molecule has 0 aliphatic carbocycles. The molecule has 5 nitrogen and oxygen atoms in total. The fourth-order valence-corrected chi connectivity index (χ4v) is 3.22. The minimum Gasteiger partial charge on any atom is -0.395 e. The van der Waals surface area contributed by atoms with E-state index in [0.29, 0.717) is 30.9 Å². The van der Waals surface area contributed by atoms with Gasteiger partial charge >= 0.3 is 0 Å². The topological polar surface area (TPSA) is 69.8 Å². The molecule has 1 saturated heterocycles. The van der Waals surface area contributed by atoms with Crippen LogP contribution in [0, 0.1) is 5.41 Å². The van der Waals surface area contributed by atoms with E-state index in [1.54, 1.807) is 0 Å². The zero-order valence-corrected chi connectivity index (χ0v) is 13.4. The average Bonchev–Trinajstić information content (AvgIpc) is 2.66. The number of carbonyl (C=O) groups is 1. The van der Waals surface area contributed by atoms with Gasteiger partial charge < -0.3 is 15.7 Å². The SMILES string of the molecule is CCC(CC)(C(=O)N1CCCN(CCO)CC1)C(N)=S. The highest BCUT2D eigenvalue weighted by Gasteiger charge is 2.41.